The van der Waals surface area contributed by atoms with Gasteiger partial charge in [-0.3, -0.25) is 4.79 Å². The number of carbonyl (C=O) groups is 1. The Hall–Kier alpha value is -1.18. The van der Waals surface area contributed by atoms with E-state index in [0.29, 0.717) is 13.1 Å². The third-order valence-electron chi connectivity index (χ3n) is 2.81. The summed E-state index contributed by atoms with van der Waals surface area (Å²) in [5, 5.41) is 4.66. The number of nitrogens with two attached hydrogens (primary N) is 1. The average Bonchev–Trinajstić information content (AvgIpc) is 2.33. The summed E-state index contributed by atoms with van der Waals surface area (Å²) in [7, 11) is -4.13. The molecule has 8 heteroatoms. The second-order valence-electron chi connectivity index (χ2n) is 5.05. The van der Waals surface area contributed by atoms with Crippen molar-refractivity contribution in [3.63, 3.8) is 0 Å². The van der Waals surface area contributed by atoms with Crippen molar-refractivity contribution in [3.8, 4) is 0 Å². The Morgan fingerprint density at radius 2 is 2.00 bits per heavy atom. The first-order valence-corrected chi connectivity index (χ1v) is 8.31. The molecule has 0 saturated heterocycles. The van der Waals surface area contributed by atoms with Crippen LogP contribution < -0.4 is 5.14 Å². The summed E-state index contributed by atoms with van der Waals surface area (Å²) < 4.78 is 36.7. The molecule has 2 N–H and O–H groups in total. The van der Waals surface area contributed by atoms with E-state index in [-0.39, 0.29) is 16.5 Å². The lowest BCUT2D eigenvalue weighted by Crippen LogP contribution is -2.34. The second kappa shape index (κ2) is 6.72. The van der Waals surface area contributed by atoms with Crippen molar-refractivity contribution in [1.29, 1.82) is 0 Å². The van der Waals surface area contributed by atoms with E-state index in [4.69, 9.17) is 16.7 Å². The zero-order valence-corrected chi connectivity index (χ0v) is 13.6. The minimum Gasteiger partial charge on any atom is -0.339 e. The standard InChI is InChI=1S/C13H18ClFN2O3S/c1-4-17(7-8(2)3)13(18)9-5-12(21(16,19)20)10(14)6-11(9)15/h5-6,8H,4,7H2,1-3H3,(H2,16,19,20). The number of hydrogen-bond donors (Lipinski definition) is 1. The molecule has 0 bridgehead atoms. The minimum atomic E-state index is -4.13. The fourth-order valence-corrected chi connectivity index (χ4v) is 2.96. The number of benzene rings is 1. The number of primary sulfonamides is 1. The molecule has 0 radical (unpaired) electrons. The largest absolute Gasteiger partial charge is 0.339 e. The summed E-state index contributed by atoms with van der Waals surface area (Å²) in [5.74, 6) is -1.27. The number of halogens is 2. The highest BCUT2D eigenvalue weighted by Crippen LogP contribution is 2.25. The molecule has 0 aromatic heterocycles. The lowest BCUT2D eigenvalue weighted by molar-refractivity contribution is 0.0741. The van der Waals surface area contributed by atoms with Gasteiger partial charge >= 0.3 is 0 Å². The van der Waals surface area contributed by atoms with Crippen LogP contribution >= 0.6 is 11.6 Å². The van der Waals surface area contributed by atoms with Crippen molar-refractivity contribution in [2.24, 2.45) is 11.1 Å². The first-order chi connectivity index (χ1) is 9.57. The lowest BCUT2D eigenvalue weighted by atomic mass is 10.1. The van der Waals surface area contributed by atoms with Gasteiger partial charge in [0.25, 0.3) is 5.91 Å². The van der Waals surface area contributed by atoms with Gasteiger partial charge in [0.05, 0.1) is 10.6 Å². The Morgan fingerprint density at radius 1 is 1.43 bits per heavy atom. The van der Waals surface area contributed by atoms with Crippen LogP contribution in [0.3, 0.4) is 0 Å². The molecule has 5 nitrogen and oxygen atoms in total. The molecule has 0 atom stereocenters. The van der Waals surface area contributed by atoms with Crippen LogP contribution in [0.25, 0.3) is 0 Å². The van der Waals surface area contributed by atoms with Crippen LogP contribution in [0.4, 0.5) is 4.39 Å². The van der Waals surface area contributed by atoms with Crippen LogP contribution in [0.5, 0.6) is 0 Å². The van der Waals surface area contributed by atoms with Gasteiger partial charge in [-0.15, -0.1) is 0 Å². The molecule has 0 spiro atoms. The van der Waals surface area contributed by atoms with Crippen molar-refractivity contribution in [2.75, 3.05) is 13.1 Å². The van der Waals surface area contributed by atoms with E-state index in [2.05, 4.69) is 0 Å². The normalized spacial score (nSPS) is 11.8. The maximum atomic E-state index is 13.9. The van der Waals surface area contributed by atoms with Gasteiger partial charge in [-0.05, 0) is 25.0 Å². The van der Waals surface area contributed by atoms with Crippen LogP contribution in [0.15, 0.2) is 17.0 Å². The van der Waals surface area contributed by atoms with E-state index in [9.17, 15) is 17.6 Å². The highest BCUT2D eigenvalue weighted by molar-refractivity contribution is 7.89. The summed E-state index contributed by atoms with van der Waals surface area (Å²) >= 11 is 5.66. The van der Waals surface area contributed by atoms with E-state index < -0.39 is 26.6 Å². The van der Waals surface area contributed by atoms with E-state index in [1.54, 1.807) is 6.92 Å². The van der Waals surface area contributed by atoms with Gasteiger partial charge in [0, 0.05) is 13.1 Å². The molecule has 0 fully saturated rings. The van der Waals surface area contributed by atoms with Crippen molar-refractivity contribution >= 4 is 27.5 Å². The van der Waals surface area contributed by atoms with E-state index >= 15 is 0 Å². The molecule has 0 heterocycles. The summed E-state index contributed by atoms with van der Waals surface area (Å²) in [5.41, 5.74) is -0.356. The summed E-state index contributed by atoms with van der Waals surface area (Å²) in [4.78, 5) is 13.3. The highest BCUT2D eigenvalue weighted by Gasteiger charge is 2.23. The minimum absolute atomic E-state index is 0.196. The number of rotatable bonds is 5. The zero-order chi connectivity index (χ0) is 16.4. The molecule has 118 valence electrons. The Bertz CT molecular complexity index is 647. The predicted octanol–water partition coefficient (Wildman–Crippen LogP) is 2.24. The van der Waals surface area contributed by atoms with Gasteiger partial charge in [0.15, 0.2) is 0 Å². The molecular formula is C13H18ClFN2O3S. The number of hydrogen-bond acceptors (Lipinski definition) is 3. The highest BCUT2D eigenvalue weighted by atomic mass is 35.5. The first-order valence-electron chi connectivity index (χ1n) is 6.39. The van der Waals surface area contributed by atoms with Crippen molar-refractivity contribution in [3.05, 3.63) is 28.5 Å². The van der Waals surface area contributed by atoms with Crippen molar-refractivity contribution in [1.82, 2.24) is 4.90 Å². The smallest absolute Gasteiger partial charge is 0.256 e. The molecule has 1 amide bonds. The molecule has 0 unspecified atom stereocenters. The molecule has 1 rings (SSSR count). The number of sulfonamides is 1. The SMILES string of the molecule is CCN(CC(C)C)C(=O)c1cc(S(N)(=O)=O)c(Cl)cc1F. The number of nitrogens with zero attached hydrogens (tertiary/aromatic N) is 1. The third-order valence-corrected chi connectivity index (χ3v) is 4.19. The first kappa shape index (κ1) is 17.9. The molecular weight excluding hydrogens is 319 g/mol. The molecule has 1 aromatic carbocycles. The van der Waals surface area contributed by atoms with Crippen LogP contribution in [-0.2, 0) is 10.0 Å². The van der Waals surface area contributed by atoms with Gasteiger partial charge in [-0.25, -0.2) is 17.9 Å². The van der Waals surface area contributed by atoms with Crippen LogP contribution in [0.1, 0.15) is 31.1 Å². The van der Waals surface area contributed by atoms with Crippen LogP contribution in [0, 0.1) is 11.7 Å². The van der Waals surface area contributed by atoms with Crippen molar-refractivity contribution in [2.45, 2.75) is 25.7 Å². The summed E-state index contributed by atoms with van der Waals surface area (Å²) in [6, 6.07) is 1.68. The molecule has 0 aliphatic heterocycles. The third kappa shape index (κ3) is 4.39. The Kier molecular flexibility index (Phi) is 5.72. The average molecular weight is 337 g/mol. The Labute approximate surface area is 128 Å². The van der Waals surface area contributed by atoms with E-state index in [1.807, 2.05) is 13.8 Å². The summed E-state index contributed by atoms with van der Waals surface area (Å²) in [6.45, 7) is 6.41. The van der Waals surface area contributed by atoms with Crippen molar-refractivity contribution < 1.29 is 17.6 Å². The lowest BCUT2D eigenvalue weighted by Gasteiger charge is -2.23. The van der Waals surface area contributed by atoms with Gasteiger partial charge in [-0.1, -0.05) is 25.4 Å². The van der Waals surface area contributed by atoms with Gasteiger partial charge in [0.1, 0.15) is 10.7 Å². The number of amides is 1. The monoisotopic (exact) mass is 336 g/mol. The van der Waals surface area contributed by atoms with E-state index in [0.717, 1.165) is 12.1 Å². The Morgan fingerprint density at radius 3 is 2.43 bits per heavy atom. The van der Waals surface area contributed by atoms with Crippen LogP contribution in [0.2, 0.25) is 5.02 Å². The van der Waals surface area contributed by atoms with Gasteiger partial charge in [0.2, 0.25) is 10.0 Å². The zero-order valence-electron chi connectivity index (χ0n) is 12.1. The van der Waals surface area contributed by atoms with Gasteiger partial charge < -0.3 is 4.90 Å². The molecule has 1 aromatic rings. The van der Waals surface area contributed by atoms with Crippen LogP contribution in [-0.4, -0.2) is 32.3 Å². The number of carbonyl (C=O) groups excluding carboxylic acids is 1. The molecule has 0 aliphatic carbocycles. The second-order valence-corrected chi connectivity index (χ2v) is 6.98. The predicted molar refractivity (Wildman–Crippen MR) is 79.2 cm³/mol. The van der Waals surface area contributed by atoms with Gasteiger partial charge in [-0.2, -0.15) is 0 Å². The fraction of sp³-hybridized carbons (Fsp3) is 0.462. The Balaban J connectivity index is 3.33. The molecule has 0 aliphatic rings. The summed E-state index contributed by atoms with van der Waals surface area (Å²) in [6.07, 6.45) is 0. The molecule has 0 saturated carbocycles. The maximum Gasteiger partial charge on any atom is 0.256 e. The topological polar surface area (TPSA) is 80.5 Å². The quantitative estimate of drug-likeness (QED) is 0.895. The fourth-order valence-electron chi connectivity index (χ4n) is 1.88. The molecule has 21 heavy (non-hydrogen) atoms. The van der Waals surface area contributed by atoms with E-state index in [1.165, 1.54) is 4.90 Å². The maximum absolute atomic E-state index is 13.9.